The lowest BCUT2D eigenvalue weighted by Crippen LogP contribution is -2.40. The lowest BCUT2D eigenvalue weighted by Gasteiger charge is -2.13. The number of rotatable bonds is 6. The second-order valence-corrected chi connectivity index (χ2v) is 4.58. The Bertz CT molecular complexity index is 426. The van der Waals surface area contributed by atoms with Gasteiger partial charge in [-0.2, -0.15) is 0 Å². The number of hydrogen-bond acceptors (Lipinski definition) is 4. The maximum atomic E-state index is 11.6. The Morgan fingerprint density at radius 1 is 1.39 bits per heavy atom. The van der Waals surface area contributed by atoms with Crippen LogP contribution in [0.4, 0.5) is 0 Å². The average Bonchev–Trinajstić information content (AvgIpc) is 2.73. The highest BCUT2D eigenvalue weighted by atomic mass is 16.4. The van der Waals surface area contributed by atoms with Crippen molar-refractivity contribution in [3.05, 3.63) is 23.7 Å². The zero-order valence-electron chi connectivity index (χ0n) is 10.6. The molecule has 0 saturated carbocycles. The monoisotopic (exact) mass is 253 g/mol. The number of primary amides is 1. The summed E-state index contributed by atoms with van der Waals surface area (Å²) in [5, 5.41) is 2.65. The largest absolute Gasteiger partial charge is 0.454 e. The summed E-state index contributed by atoms with van der Waals surface area (Å²) in [5.74, 6) is 0.0280. The van der Waals surface area contributed by atoms with Crippen LogP contribution in [-0.4, -0.2) is 17.9 Å². The van der Waals surface area contributed by atoms with Gasteiger partial charge in [0.25, 0.3) is 5.91 Å². The van der Waals surface area contributed by atoms with Crippen LogP contribution in [0.25, 0.3) is 0 Å². The number of amides is 2. The quantitative estimate of drug-likeness (QED) is 0.679. The first kappa shape index (κ1) is 14.2. The molecule has 5 N–H and O–H groups in total. The van der Waals surface area contributed by atoms with Gasteiger partial charge in [-0.3, -0.25) is 9.59 Å². The predicted molar refractivity (Wildman–Crippen MR) is 66.5 cm³/mol. The van der Waals surface area contributed by atoms with E-state index in [0.717, 1.165) is 0 Å². The highest BCUT2D eigenvalue weighted by Gasteiger charge is 2.15. The zero-order valence-corrected chi connectivity index (χ0v) is 10.6. The van der Waals surface area contributed by atoms with Crippen molar-refractivity contribution in [2.45, 2.75) is 32.9 Å². The van der Waals surface area contributed by atoms with Crippen LogP contribution in [0.2, 0.25) is 0 Å². The van der Waals surface area contributed by atoms with Crippen molar-refractivity contribution in [1.29, 1.82) is 0 Å². The van der Waals surface area contributed by atoms with E-state index >= 15 is 0 Å². The van der Waals surface area contributed by atoms with Gasteiger partial charge in [-0.25, -0.2) is 0 Å². The Morgan fingerprint density at radius 3 is 2.56 bits per heavy atom. The molecule has 0 bridgehead atoms. The summed E-state index contributed by atoms with van der Waals surface area (Å²) in [7, 11) is 0. The minimum atomic E-state index is -0.635. The van der Waals surface area contributed by atoms with Crippen LogP contribution in [-0.2, 0) is 11.3 Å². The van der Waals surface area contributed by atoms with E-state index in [2.05, 4.69) is 5.32 Å². The molecule has 0 radical (unpaired) electrons. The van der Waals surface area contributed by atoms with Crippen LogP contribution in [0, 0.1) is 5.92 Å². The summed E-state index contributed by atoms with van der Waals surface area (Å²) in [5.41, 5.74) is 10.8. The number of carbonyl (C=O) groups excluding carboxylic acids is 2. The van der Waals surface area contributed by atoms with Crippen molar-refractivity contribution in [3.8, 4) is 0 Å². The lowest BCUT2D eigenvalue weighted by atomic mass is 10.0. The molecule has 6 nitrogen and oxygen atoms in total. The van der Waals surface area contributed by atoms with Crippen LogP contribution in [0.5, 0.6) is 0 Å². The zero-order chi connectivity index (χ0) is 13.7. The van der Waals surface area contributed by atoms with E-state index in [0.29, 0.717) is 18.1 Å². The molecular formula is C12H19N3O3. The Kier molecular flexibility index (Phi) is 4.91. The number of carbonyl (C=O) groups is 2. The summed E-state index contributed by atoms with van der Waals surface area (Å²) < 4.78 is 5.13. The highest BCUT2D eigenvalue weighted by Crippen LogP contribution is 2.07. The molecule has 0 aromatic carbocycles. The van der Waals surface area contributed by atoms with Crippen molar-refractivity contribution in [2.75, 3.05) is 0 Å². The van der Waals surface area contributed by atoms with Crippen molar-refractivity contribution in [1.82, 2.24) is 5.32 Å². The lowest BCUT2D eigenvalue weighted by molar-refractivity contribution is -0.122. The van der Waals surface area contributed by atoms with Gasteiger partial charge in [0.05, 0.1) is 12.6 Å². The molecule has 2 amide bonds. The number of furan rings is 1. The summed E-state index contributed by atoms with van der Waals surface area (Å²) in [4.78, 5) is 22.4. The van der Waals surface area contributed by atoms with Crippen molar-refractivity contribution < 1.29 is 14.0 Å². The maximum Gasteiger partial charge on any atom is 0.284 e. The molecule has 1 aromatic rings. The van der Waals surface area contributed by atoms with Gasteiger partial charge in [0.2, 0.25) is 5.91 Å². The molecule has 1 rings (SSSR count). The first-order valence-corrected chi connectivity index (χ1v) is 5.82. The minimum Gasteiger partial charge on any atom is -0.454 e. The topological polar surface area (TPSA) is 111 Å². The molecule has 1 atom stereocenters. The van der Waals surface area contributed by atoms with Gasteiger partial charge in [-0.15, -0.1) is 0 Å². The van der Waals surface area contributed by atoms with E-state index in [1.165, 1.54) is 6.07 Å². The molecule has 0 fully saturated rings. The van der Waals surface area contributed by atoms with Gasteiger partial charge in [0, 0.05) is 0 Å². The van der Waals surface area contributed by atoms with Gasteiger partial charge in [0.1, 0.15) is 5.76 Å². The first-order chi connectivity index (χ1) is 8.40. The summed E-state index contributed by atoms with van der Waals surface area (Å²) in [6.45, 7) is 4.19. The molecule has 18 heavy (non-hydrogen) atoms. The Balaban J connectivity index is 2.44. The third-order valence-electron chi connectivity index (χ3n) is 2.40. The molecule has 0 aliphatic rings. The van der Waals surface area contributed by atoms with Crippen LogP contribution >= 0.6 is 0 Å². The van der Waals surface area contributed by atoms with E-state index in [9.17, 15) is 9.59 Å². The molecular weight excluding hydrogens is 234 g/mol. The van der Waals surface area contributed by atoms with Crippen molar-refractivity contribution in [3.63, 3.8) is 0 Å². The van der Waals surface area contributed by atoms with Crippen LogP contribution in [0.1, 0.15) is 36.6 Å². The predicted octanol–water partition coefficient (Wildman–Crippen LogP) is 0.368. The first-order valence-electron chi connectivity index (χ1n) is 5.82. The van der Waals surface area contributed by atoms with Gasteiger partial charge in [0.15, 0.2) is 5.76 Å². The fourth-order valence-corrected chi connectivity index (χ4v) is 1.53. The van der Waals surface area contributed by atoms with E-state index in [1.807, 2.05) is 13.8 Å². The molecule has 0 unspecified atom stereocenters. The van der Waals surface area contributed by atoms with Crippen LogP contribution in [0.3, 0.4) is 0 Å². The van der Waals surface area contributed by atoms with Crippen molar-refractivity contribution >= 4 is 11.8 Å². The third kappa shape index (κ3) is 4.21. The van der Waals surface area contributed by atoms with Gasteiger partial charge in [-0.05, 0) is 24.5 Å². The fourth-order valence-electron chi connectivity index (χ4n) is 1.53. The third-order valence-corrected chi connectivity index (χ3v) is 2.40. The smallest absolute Gasteiger partial charge is 0.284 e. The van der Waals surface area contributed by atoms with Gasteiger partial charge in [-0.1, -0.05) is 13.8 Å². The fraction of sp³-hybridized carbons (Fsp3) is 0.500. The normalized spacial score (nSPS) is 12.4. The van der Waals surface area contributed by atoms with Gasteiger partial charge >= 0.3 is 0 Å². The molecule has 0 spiro atoms. The Morgan fingerprint density at radius 2 is 2.06 bits per heavy atom. The van der Waals surface area contributed by atoms with Crippen LogP contribution < -0.4 is 16.8 Å². The molecule has 0 aliphatic carbocycles. The van der Waals surface area contributed by atoms with E-state index < -0.39 is 11.9 Å². The minimum absolute atomic E-state index is 0.0747. The number of nitrogens with two attached hydrogens (primary N) is 2. The number of nitrogens with one attached hydrogen (secondary N) is 1. The summed E-state index contributed by atoms with van der Waals surface area (Å²) in [6.07, 6.45) is 0.622. The van der Waals surface area contributed by atoms with Crippen LogP contribution in [0.15, 0.2) is 16.5 Å². The Labute approximate surface area is 106 Å². The second-order valence-electron chi connectivity index (χ2n) is 4.58. The van der Waals surface area contributed by atoms with E-state index in [1.54, 1.807) is 6.07 Å². The maximum absolute atomic E-state index is 11.6. The molecule has 6 heteroatoms. The second kappa shape index (κ2) is 6.20. The highest BCUT2D eigenvalue weighted by molar-refractivity contribution is 5.89. The average molecular weight is 253 g/mol. The van der Waals surface area contributed by atoms with Crippen molar-refractivity contribution in [2.24, 2.45) is 17.4 Å². The number of hydrogen-bond donors (Lipinski definition) is 3. The van der Waals surface area contributed by atoms with E-state index in [4.69, 9.17) is 15.9 Å². The summed E-state index contributed by atoms with van der Waals surface area (Å²) >= 11 is 0. The SMILES string of the molecule is CC(C)C[C@H](N)C(=O)NCc1ccc(C(N)=O)o1. The molecule has 1 aromatic heterocycles. The molecule has 0 saturated heterocycles. The standard InChI is InChI=1S/C12H19N3O3/c1-7(2)5-9(13)12(17)15-6-8-3-4-10(18-8)11(14)16/h3-4,7,9H,5-6,13H2,1-2H3,(H2,14,16)(H,15,17)/t9-/m0/s1. The molecule has 100 valence electrons. The molecule has 1 heterocycles. The van der Waals surface area contributed by atoms with E-state index in [-0.39, 0.29) is 18.2 Å². The van der Waals surface area contributed by atoms with Gasteiger partial charge < -0.3 is 21.2 Å². The Hall–Kier alpha value is -1.82. The summed E-state index contributed by atoms with van der Waals surface area (Å²) in [6, 6.07) is 2.53. The molecule has 0 aliphatic heterocycles.